The van der Waals surface area contributed by atoms with Gasteiger partial charge in [0.15, 0.2) is 0 Å². The van der Waals surface area contributed by atoms with Gasteiger partial charge >= 0.3 is 0 Å². The number of nitrogens with zero attached hydrogens (tertiary/aromatic N) is 2. The van der Waals surface area contributed by atoms with Crippen LogP contribution in [0.2, 0.25) is 0 Å². The predicted octanol–water partition coefficient (Wildman–Crippen LogP) is 15.7. The minimum atomic E-state index is 0.869. The first-order valence-electron chi connectivity index (χ1n) is 19.4. The highest BCUT2D eigenvalue weighted by Gasteiger charge is 2.19. The van der Waals surface area contributed by atoms with Crippen LogP contribution in [0.1, 0.15) is 0 Å². The lowest BCUT2D eigenvalue weighted by molar-refractivity contribution is 0.673. The number of furan rings is 1. The van der Waals surface area contributed by atoms with Crippen molar-refractivity contribution >= 4 is 88.4 Å². The third kappa shape index (κ3) is 5.68. The molecule has 11 rings (SSSR count). The normalized spacial score (nSPS) is 11.5. The van der Waals surface area contributed by atoms with Crippen LogP contribution in [0.5, 0.6) is 0 Å². The van der Waals surface area contributed by atoms with Crippen LogP contribution >= 0.6 is 0 Å². The van der Waals surface area contributed by atoms with Crippen molar-refractivity contribution < 1.29 is 4.42 Å². The Bertz CT molecular complexity index is 3150. The highest BCUT2D eigenvalue weighted by atomic mass is 16.3. The van der Waals surface area contributed by atoms with Crippen molar-refractivity contribution in [2.75, 3.05) is 9.80 Å². The lowest BCUT2D eigenvalue weighted by atomic mass is 9.93. The molecule has 0 aliphatic heterocycles. The second kappa shape index (κ2) is 13.6. The molecule has 0 atom stereocenters. The summed E-state index contributed by atoms with van der Waals surface area (Å²) >= 11 is 0. The second-order valence-corrected chi connectivity index (χ2v) is 14.6. The molecule has 0 aliphatic rings. The Balaban J connectivity index is 1.02. The van der Waals surface area contributed by atoms with E-state index in [1.807, 2.05) is 0 Å². The molecule has 0 bridgehead atoms. The fourth-order valence-electron chi connectivity index (χ4n) is 8.52. The molecule has 0 saturated heterocycles. The molecule has 0 spiro atoms. The molecule has 0 aliphatic carbocycles. The van der Waals surface area contributed by atoms with Gasteiger partial charge in [-0.25, -0.2) is 0 Å². The number of rotatable bonds is 7. The Hall–Kier alpha value is -7.62. The number of hydrogen-bond acceptors (Lipinski definition) is 3. The maximum Gasteiger partial charge on any atom is 0.143 e. The highest BCUT2D eigenvalue weighted by Crippen LogP contribution is 2.45. The summed E-state index contributed by atoms with van der Waals surface area (Å²) in [5.74, 6) is 0. The highest BCUT2D eigenvalue weighted by molar-refractivity contribution is 6.30. The first kappa shape index (κ1) is 32.8. The molecule has 3 nitrogen and oxygen atoms in total. The van der Waals surface area contributed by atoms with Crippen molar-refractivity contribution in [3.8, 4) is 11.1 Å². The monoisotopic (exact) mass is 728 g/mol. The van der Waals surface area contributed by atoms with Crippen molar-refractivity contribution in [1.29, 1.82) is 0 Å². The summed E-state index contributed by atoms with van der Waals surface area (Å²) in [7, 11) is 0. The first-order valence-corrected chi connectivity index (χ1v) is 19.4. The SMILES string of the molecule is c1ccc(N(c2ccccc2)c2ccc3cc(-c4ccc5c(c4)c4ccccc4c4c6ccc(N(c7ccccc7)c7ccccc7)cc6oc54)ccc3c2)cc1. The zero-order valence-electron chi connectivity index (χ0n) is 31.1. The zero-order chi connectivity index (χ0) is 37.7. The van der Waals surface area contributed by atoms with Crippen LogP contribution < -0.4 is 9.80 Å². The van der Waals surface area contributed by atoms with Crippen molar-refractivity contribution in [1.82, 2.24) is 0 Å². The molecule has 1 aromatic heterocycles. The Morgan fingerprint density at radius 3 is 1.35 bits per heavy atom. The first-order chi connectivity index (χ1) is 28.3. The van der Waals surface area contributed by atoms with Crippen LogP contribution in [0.15, 0.2) is 223 Å². The number of fused-ring (bicyclic) bond motifs is 9. The lowest BCUT2D eigenvalue weighted by Crippen LogP contribution is -2.09. The van der Waals surface area contributed by atoms with Gasteiger partial charge in [-0.05, 0) is 129 Å². The Kier molecular flexibility index (Phi) is 7.82. The van der Waals surface area contributed by atoms with E-state index in [1.54, 1.807) is 0 Å². The molecule has 0 N–H and O–H groups in total. The quantitative estimate of drug-likeness (QED) is 0.152. The van der Waals surface area contributed by atoms with Crippen molar-refractivity contribution in [2.45, 2.75) is 0 Å². The molecule has 57 heavy (non-hydrogen) atoms. The Morgan fingerprint density at radius 1 is 0.281 bits per heavy atom. The molecule has 268 valence electrons. The third-order valence-corrected chi connectivity index (χ3v) is 11.2. The average Bonchev–Trinajstić information content (AvgIpc) is 3.67. The van der Waals surface area contributed by atoms with E-state index in [1.165, 1.54) is 38.1 Å². The molecule has 3 heteroatoms. The summed E-state index contributed by atoms with van der Waals surface area (Å²) in [4.78, 5) is 4.59. The summed E-state index contributed by atoms with van der Waals surface area (Å²) in [5.41, 5.74) is 10.8. The maximum atomic E-state index is 6.90. The minimum absolute atomic E-state index is 0.869. The molecule has 0 fully saturated rings. The van der Waals surface area contributed by atoms with Gasteiger partial charge in [-0.2, -0.15) is 0 Å². The van der Waals surface area contributed by atoms with E-state index in [2.05, 4.69) is 228 Å². The standard InChI is InChI=1S/C54H36N2O/c1-5-15-41(16-6-1)55(42-17-7-2-8-18-42)45-29-27-38-33-37(25-26-39(38)34-45)40-28-31-49-51(35-40)47-23-13-14-24-48(47)53-50-32-30-46(36-52(50)57-54(49)53)56(43-19-9-3-10-20-43)44-21-11-4-12-22-44/h1-36H. The van der Waals surface area contributed by atoms with E-state index in [0.29, 0.717) is 0 Å². The van der Waals surface area contributed by atoms with E-state index in [4.69, 9.17) is 4.42 Å². The largest absolute Gasteiger partial charge is 0.455 e. The van der Waals surface area contributed by atoms with E-state index in [0.717, 1.165) is 61.4 Å². The average molecular weight is 729 g/mol. The van der Waals surface area contributed by atoms with E-state index in [9.17, 15) is 0 Å². The van der Waals surface area contributed by atoms with Gasteiger partial charge in [-0.1, -0.05) is 121 Å². The summed E-state index contributed by atoms with van der Waals surface area (Å²) < 4.78 is 6.90. The molecule has 0 saturated carbocycles. The Morgan fingerprint density at radius 2 is 0.737 bits per heavy atom. The molecule has 0 amide bonds. The molecule has 0 radical (unpaired) electrons. The molecular weight excluding hydrogens is 693 g/mol. The van der Waals surface area contributed by atoms with Crippen molar-refractivity contribution in [3.63, 3.8) is 0 Å². The zero-order valence-corrected chi connectivity index (χ0v) is 31.1. The number of anilines is 6. The van der Waals surface area contributed by atoms with E-state index in [-0.39, 0.29) is 0 Å². The van der Waals surface area contributed by atoms with Gasteiger partial charge in [0.05, 0.1) is 0 Å². The third-order valence-electron chi connectivity index (χ3n) is 11.2. The van der Waals surface area contributed by atoms with Gasteiger partial charge in [-0.3, -0.25) is 0 Å². The van der Waals surface area contributed by atoms with Crippen LogP contribution in [-0.2, 0) is 0 Å². The van der Waals surface area contributed by atoms with Crippen molar-refractivity contribution in [2.24, 2.45) is 0 Å². The molecular formula is C54H36N2O. The summed E-state index contributed by atoms with van der Waals surface area (Å²) in [5, 5.41) is 9.37. The molecule has 11 aromatic rings. The van der Waals surface area contributed by atoms with Gasteiger partial charge in [0.25, 0.3) is 0 Å². The van der Waals surface area contributed by atoms with Crippen LogP contribution in [0.25, 0.3) is 65.4 Å². The van der Waals surface area contributed by atoms with Gasteiger partial charge in [-0.15, -0.1) is 0 Å². The van der Waals surface area contributed by atoms with Gasteiger partial charge < -0.3 is 14.2 Å². The van der Waals surface area contributed by atoms with E-state index < -0.39 is 0 Å². The number of para-hydroxylation sites is 4. The van der Waals surface area contributed by atoms with Crippen LogP contribution in [-0.4, -0.2) is 0 Å². The van der Waals surface area contributed by atoms with Crippen LogP contribution in [0.3, 0.4) is 0 Å². The number of hydrogen-bond donors (Lipinski definition) is 0. The molecule has 1 heterocycles. The summed E-state index contributed by atoms with van der Waals surface area (Å²) in [6, 6.07) is 77.9. The van der Waals surface area contributed by atoms with E-state index >= 15 is 0 Å². The Labute approximate surface area is 330 Å². The summed E-state index contributed by atoms with van der Waals surface area (Å²) in [6.07, 6.45) is 0. The van der Waals surface area contributed by atoms with Gasteiger partial charge in [0.1, 0.15) is 11.2 Å². The lowest BCUT2D eigenvalue weighted by Gasteiger charge is -2.25. The topological polar surface area (TPSA) is 19.6 Å². The predicted molar refractivity (Wildman–Crippen MR) is 241 cm³/mol. The second-order valence-electron chi connectivity index (χ2n) is 14.6. The van der Waals surface area contributed by atoms with Crippen LogP contribution in [0.4, 0.5) is 34.1 Å². The maximum absolute atomic E-state index is 6.90. The minimum Gasteiger partial charge on any atom is -0.455 e. The van der Waals surface area contributed by atoms with Crippen molar-refractivity contribution in [3.05, 3.63) is 218 Å². The smallest absolute Gasteiger partial charge is 0.143 e. The van der Waals surface area contributed by atoms with Gasteiger partial charge in [0, 0.05) is 56.3 Å². The summed E-state index contributed by atoms with van der Waals surface area (Å²) in [6.45, 7) is 0. The fourth-order valence-corrected chi connectivity index (χ4v) is 8.52. The van der Waals surface area contributed by atoms with Gasteiger partial charge in [0.2, 0.25) is 0 Å². The molecule has 0 unspecified atom stereocenters. The molecule has 10 aromatic carbocycles. The van der Waals surface area contributed by atoms with Crippen LogP contribution in [0, 0.1) is 0 Å². The number of benzene rings is 10. The fraction of sp³-hybridized carbons (Fsp3) is 0.